The monoisotopic (exact) mass is 311 g/mol. The third kappa shape index (κ3) is 2.18. The Balaban J connectivity index is 2.08. The Morgan fingerprint density at radius 2 is 2.00 bits per heavy atom. The number of H-pyrrole nitrogens is 1. The molecule has 3 heterocycles. The molecule has 0 radical (unpaired) electrons. The van der Waals surface area contributed by atoms with Crippen LogP contribution in [-0.2, 0) is 4.74 Å². The van der Waals surface area contributed by atoms with Gasteiger partial charge in [-0.1, -0.05) is 0 Å². The van der Waals surface area contributed by atoms with Crippen LogP contribution in [0.1, 0.15) is 11.7 Å². The van der Waals surface area contributed by atoms with E-state index in [0.29, 0.717) is 22.5 Å². The van der Waals surface area contributed by atoms with E-state index in [0.717, 1.165) is 0 Å². The molecule has 1 saturated heterocycles. The van der Waals surface area contributed by atoms with Crippen LogP contribution in [0.25, 0.3) is 11.0 Å². The molecule has 4 N–H and O–H groups in total. The van der Waals surface area contributed by atoms with Gasteiger partial charge in [0.15, 0.2) is 0 Å². The number of rotatable bonds is 4. The summed E-state index contributed by atoms with van der Waals surface area (Å²) in [6.45, 7) is -0.390. The predicted molar refractivity (Wildman–Crippen MR) is 73.7 cm³/mol. The molecule has 9 heteroatoms. The summed E-state index contributed by atoms with van der Waals surface area (Å²) in [6.07, 6.45) is -2.43. The molecule has 1 aliphatic heterocycles. The first-order valence-corrected chi connectivity index (χ1v) is 6.70. The molecule has 22 heavy (non-hydrogen) atoms. The molecule has 0 saturated carbocycles. The Kier molecular flexibility index (Phi) is 3.87. The summed E-state index contributed by atoms with van der Waals surface area (Å²) in [5.74, 6) is 0.292. The Morgan fingerprint density at radius 3 is 2.59 bits per heavy atom. The average molecular weight is 311 g/mol. The van der Waals surface area contributed by atoms with Gasteiger partial charge in [-0.3, -0.25) is 0 Å². The molecule has 0 aliphatic carbocycles. The van der Waals surface area contributed by atoms with E-state index in [4.69, 9.17) is 14.2 Å². The Morgan fingerprint density at radius 1 is 1.23 bits per heavy atom. The van der Waals surface area contributed by atoms with E-state index >= 15 is 0 Å². The van der Waals surface area contributed by atoms with Gasteiger partial charge in [-0.05, 0) is 0 Å². The summed E-state index contributed by atoms with van der Waals surface area (Å²) >= 11 is 0. The lowest BCUT2D eigenvalue weighted by molar-refractivity contribution is -0.0224. The highest BCUT2D eigenvalue weighted by Crippen LogP contribution is 2.38. The highest BCUT2D eigenvalue weighted by Gasteiger charge is 2.44. The number of fused-ring (bicyclic) bond motifs is 1. The number of aromatic nitrogens is 3. The number of ether oxygens (including phenoxy) is 3. The van der Waals surface area contributed by atoms with E-state index in [1.165, 1.54) is 14.2 Å². The molecule has 3 rings (SSSR count). The van der Waals surface area contributed by atoms with Gasteiger partial charge in [0.2, 0.25) is 5.88 Å². The summed E-state index contributed by atoms with van der Waals surface area (Å²) in [4.78, 5) is 11.3. The Hall–Kier alpha value is -1.94. The van der Waals surface area contributed by atoms with Gasteiger partial charge < -0.3 is 34.5 Å². The molecule has 2 aromatic heterocycles. The van der Waals surface area contributed by atoms with E-state index in [1.54, 1.807) is 6.20 Å². The maximum absolute atomic E-state index is 10.1. The molecule has 2 aromatic rings. The van der Waals surface area contributed by atoms with Crippen LogP contribution in [0.3, 0.4) is 0 Å². The normalized spacial score (nSPS) is 28.2. The van der Waals surface area contributed by atoms with Crippen molar-refractivity contribution < 1.29 is 29.5 Å². The van der Waals surface area contributed by atoms with Crippen molar-refractivity contribution >= 4 is 11.0 Å². The van der Waals surface area contributed by atoms with Crippen LogP contribution in [0.4, 0.5) is 0 Å². The minimum Gasteiger partial charge on any atom is -0.479 e. The highest BCUT2D eigenvalue weighted by atomic mass is 16.6. The van der Waals surface area contributed by atoms with Crippen molar-refractivity contribution in [3.63, 3.8) is 0 Å². The van der Waals surface area contributed by atoms with Crippen LogP contribution in [0.2, 0.25) is 0 Å². The molecule has 0 aromatic carbocycles. The van der Waals surface area contributed by atoms with Crippen molar-refractivity contribution in [2.24, 2.45) is 0 Å². The molecule has 1 fully saturated rings. The van der Waals surface area contributed by atoms with Crippen LogP contribution in [0.15, 0.2) is 6.20 Å². The first-order valence-electron chi connectivity index (χ1n) is 6.70. The maximum atomic E-state index is 10.1. The number of hydrogen-bond donors (Lipinski definition) is 4. The third-order valence-electron chi connectivity index (χ3n) is 3.73. The zero-order valence-electron chi connectivity index (χ0n) is 12.1. The zero-order chi connectivity index (χ0) is 15.9. The smallest absolute Gasteiger partial charge is 0.320 e. The summed E-state index contributed by atoms with van der Waals surface area (Å²) in [5.41, 5.74) is 1.51. The average Bonchev–Trinajstić information content (AvgIpc) is 3.08. The van der Waals surface area contributed by atoms with Crippen LogP contribution in [0.5, 0.6) is 11.9 Å². The van der Waals surface area contributed by atoms with Gasteiger partial charge in [-0.15, -0.1) is 0 Å². The van der Waals surface area contributed by atoms with Crippen LogP contribution in [-0.4, -0.2) is 69.4 Å². The van der Waals surface area contributed by atoms with Gasteiger partial charge >= 0.3 is 6.01 Å². The number of nitrogens with one attached hydrogen (secondary N) is 1. The fraction of sp³-hybridized carbons (Fsp3) is 0.538. The summed E-state index contributed by atoms with van der Waals surface area (Å²) < 4.78 is 15.7. The fourth-order valence-corrected chi connectivity index (χ4v) is 2.59. The van der Waals surface area contributed by atoms with Crippen molar-refractivity contribution in [1.82, 2.24) is 15.0 Å². The predicted octanol–water partition coefficient (Wildman–Crippen LogP) is -0.871. The molecule has 120 valence electrons. The van der Waals surface area contributed by atoms with E-state index in [2.05, 4.69) is 15.0 Å². The molecule has 0 amide bonds. The van der Waals surface area contributed by atoms with Gasteiger partial charge in [0.1, 0.15) is 35.4 Å². The second kappa shape index (κ2) is 5.69. The van der Waals surface area contributed by atoms with Gasteiger partial charge in [0.05, 0.1) is 20.8 Å². The molecular weight excluding hydrogens is 294 g/mol. The van der Waals surface area contributed by atoms with Crippen LogP contribution >= 0.6 is 0 Å². The standard InChI is InChI=1S/C13H17N3O6/c1-20-12-8-7(15-13(16-12)21-2)5(3-14-8)11-10(19)9(18)6(4-17)22-11/h3,6,9-11,14,17-19H,4H2,1-2H3/t6-,9-,10-,11+/m1/s1. The molecular formula is C13H17N3O6. The van der Waals surface area contributed by atoms with E-state index in [1.807, 2.05) is 0 Å². The fourth-order valence-electron chi connectivity index (χ4n) is 2.59. The number of nitrogens with zero attached hydrogens (tertiary/aromatic N) is 2. The first kappa shape index (κ1) is 15.0. The second-order valence-corrected chi connectivity index (χ2v) is 4.95. The van der Waals surface area contributed by atoms with E-state index < -0.39 is 31.0 Å². The third-order valence-corrected chi connectivity index (χ3v) is 3.73. The molecule has 0 bridgehead atoms. The minimum atomic E-state index is -1.18. The van der Waals surface area contributed by atoms with Crippen molar-refractivity contribution in [2.75, 3.05) is 20.8 Å². The minimum absolute atomic E-state index is 0.108. The van der Waals surface area contributed by atoms with Gasteiger partial charge in [-0.2, -0.15) is 9.97 Å². The van der Waals surface area contributed by atoms with Crippen molar-refractivity contribution in [3.05, 3.63) is 11.8 Å². The lowest BCUT2D eigenvalue weighted by Gasteiger charge is -2.13. The Bertz CT molecular complexity index is 675. The topological polar surface area (TPSA) is 130 Å². The molecule has 9 nitrogen and oxygen atoms in total. The molecule has 4 atom stereocenters. The molecule has 0 unspecified atom stereocenters. The van der Waals surface area contributed by atoms with Crippen molar-refractivity contribution in [3.8, 4) is 11.9 Å². The maximum Gasteiger partial charge on any atom is 0.320 e. The largest absolute Gasteiger partial charge is 0.479 e. The van der Waals surface area contributed by atoms with Crippen LogP contribution < -0.4 is 9.47 Å². The van der Waals surface area contributed by atoms with Gasteiger partial charge in [-0.25, -0.2) is 0 Å². The summed E-state index contributed by atoms with van der Waals surface area (Å²) in [5, 5.41) is 29.2. The molecule has 1 aliphatic rings. The number of hydrogen-bond acceptors (Lipinski definition) is 8. The lowest BCUT2D eigenvalue weighted by atomic mass is 10.0. The molecule has 0 spiro atoms. The van der Waals surface area contributed by atoms with E-state index in [9.17, 15) is 15.3 Å². The number of methoxy groups -OCH3 is 2. The quantitative estimate of drug-likeness (QED) is 0.573. The lowest BCUT2D eigenvalue weighted by Crippen LogP contribution is -2.32. The zero-order valence-corrected chi connectivity index (χ0v) is 12.1. The number of aliphatic hydroxyl groups is 3. The van der Waals surface area contributed by atoms with E-state index in [-0.39, 0.29) is 6.01 Å². The van der Waals surface area contributed by atoms with Gasteiger partial charge in [0, 0.05) is 11.8 Å². The number of aliphatic hydroxyl groups excluding tert-OH is 3. The van der Waals surface area contributed by atoms with Gasteiger partial charge in [0.25, 0.3) is 0 Å². The van der Waals surface area contributed by atoms with Crippen LogP contribution in [0, 0.1) is 0 Å². The summed E-state index contributed by atoms with van der Waals surface area (Å²) in [7, 11) is 2.90. The SMILES string of the molecule is COc1nc(OC)c2[nH]cc([C@@H]3O[C@H](CO)[C@@H](O)[C@H]3O)c2n1. The Labute approximate surface area is 125 Å². The first-order chi connectivity index (χ1) is 10.6. The van der Waals surface area contributed by atoms with Crippen molar-refractivity contribution in [2.45, 2.75) is 24.4 Å². The highest BCUT2D eigenvalue weighted by molar-refractivity contribution is 5.84. The van der Waals surface area contributed by atoms with Crippen molar-refractivity contribution in [1.29, 1.82) is 0 Å². The second-order valence-electron chi connectivity index (χ2n) is 4.95. The summed E-state index contributed by atoms with van der Waals surface area (Å²) in [6, 6.07) is 0.108. The number of aromatic amines is 1.